The Hall–Kier alpha value is -4.35. The summed E-state index contributed by atoms with van der Waals surface area (Å²) in [6, 6.07) is 38.7. The summed E-state index contributed by atoms with van der Waals surface area (Å²) in [6.07, 6.45) is 0. The maximum Gasteiger partial charge on any atom is 0.255 e. The summed E-state index contributed by atoms with van der Waals surface area (Å²) >= 11 is 1.48. The Kier molecular flexibility index (Phi) is 7.33. The van der Waals surface area contributed by atoms with Gasteiger partial charge in [0.15, 0.2) is 0 Å². The molecule has 5 rings (SSSR count). The predicted octanol–water partition coefficient (Wildman–Crippen LogP) is 7.87. The van der Waals surface area contributed by atoms with Crippen LogP contribution >= 0.6 is 11.8 Å². The fourth-order valence-electron chi connectivity index (χ4n) is 4.10. The van der Waals surface area contributed by atoms with Crippen molar-refractivity contribution in [1.82, 2.24) is 0 Å². The molecule has 0 fully saturated rings. The summed E-state index contributed by atoms with van der Waals surface area (Å²) < 4.78 is 0. The molecule has 0 aliphatic carbocycles. The first-order chi connectivity index (χ1) is 18.1. The van der Waals surface area contributed by atoms with Gasteiger partial charge in [-0.2, -0.15) is 0 Å². The molecule has 0 aromatic heterocycles. The third-order valence-corrected chi connectivity index (χ3v) is 7.39. The Balaban J connectivity index is 1.31. The number of aryl methyl sites for hydroxylation is 1. The Bertz CT molecular complexity index is 1550. The van der Waals surface area contributed by atoms with Crippen LogP contribution in [0.1, 0.15) is 26.7 Å². The summed E-state index contributed by atoms with van der Waals surface area (Å²) in [5.74, 6) is -0.245. The van der Waals surface area contributed by atoms with E-state index in [1.807, 2.05) is 128 Å². The van der Waals surface area contributed by atoms with Crippen molar-refractivity contribution >= 4 is 45.7 Å². The van der Waals surface area contributed by atoms with Crippen LogP contribution in [-0.4, -0.2) is 11.8 Å². The number of hydrogen-bond acceptors (Lipinski definition) is 3. The van der Waals surface area contributed by atoms with Crippen LogP contribution in [0.2, 0.25) is 0 Å². The number of carbonyl (C=O) groups excluding carboxylic acids is 2. The van der Waals surface area contributed by atoms with Crippen molar-refractivity contribution in [2.45, 2.75) is 17.1 Å². The normalized spacial score (nSPS) is 11.6. The molecule has 37 heavy (non-hydrogen) atoms. The topological polar surface area (TPSA) is 58.2 Å². The zero-order chi connectivity index (χ0) is 25.6. The average Bonchev–Trinajstić information content (AvgIpc) is 2.94. The molecule has 0 aliphatic heterocycles. The second kappa shape index (κ2) is 11.1. The highest BCUT2D eigenvalue weighted by Gasteiger charge is 2.22. The molecule has 0 radical (unpaired) electrons. The van der Waals surface area contributed by atoms with Gasteiger partial charge in [-0.25, -0.2) is 0 Å². The summed E-state index contributed by atoms with van der Waals surface area (Å²) in [6.45, 7) is 1.98. The average molecular weight is 503 g/mol. The minimum atomic E-state index is -0.432. The summed E-state index contributed by atoms with van der Waals surface area (Å²) in [5, 5.41) is 7.74. The molecule has 5 heteroatoms. The van der Waals surface area contributed by atoms with Gasteiger partial charge in [-0.05, 0) is 71.3 Å². The number of benzene rings is 5. The van der Waals surface area contributed by atoms with Gasteiger partial charge in [0.1, 0.15) is 5.25 Å². The van der Waals surface area contributed by atoms with Crippen molar-refractivity contribution in [2.75, 3.05) is 10.6 Å². The Labute approximate surface area is 220 Å². The van der Waals surface area contributed by atoms with E-state index < -0.39 is 5.25 Å². The van der Waals surface area contributed by atoms with Gasteiger partial charge in [-0.15, -0.1) is 11.8 Å². The lowest BCUT2D eigenvalue weighted by Gasteiger charge is -2.18. The molecule has 182 valence electrons. The highest BCUT2D eigenvalue weighted by atomic mass is 32.2. The number of amides is 2. The van der Waals surface area contributed by atoms with Gasteiger partial charge in [0, 0.05) is 21.8 Å². The predicted molar refractivity (Wildman–Crippen MR) is 153 cm³/mol. The summed E-state index contributed by atoms with van der Waals surface area (Å²) in [4.78, 5) is 27.1. The Morgan fingerprint density at radius 1 is 0.676 bits per heavy atom. The van der Waals surface area contributed by atoms with E-state index in [-0.39, 0.29) is 11.8 Å². The SMILES string of the molecule is Cc1ccccc1NC(=O)C(Sc1ccc(NC(=O)c2ccc3ccccc3c2)cc1)c1ccccc1. The summed E-state index contributed by atoms with van der Waals surface area (Å²) in [5.41, 5.74) is 4.05. The number of anilines is 2. The molecule has 0 spiro atoms. The number of thioether (sulfide) groups is 1. The zero-order valence-corrected chi connectivity index (χ0v) is 21.2. The third-order valence-electron chi connectivity index (χ3n) is 6.12. The lowest BCUT2D eigenvalue weighted by molar-refractivity contribution is -0.115. The number of fused-ring (bicyclic) bond motifs is 1. The molecule has 0 saturated heterocycles. The van der Waals surface area contributed by atoms with Gasteiger partial charge in [-0.1, -0.05) is 78.9 Å². The van der Waals surface area contributed by atoms with Gasteiger partial charge < -0.3 is 10.6 Å². The van der Waals surface area contributed by atoms with E-state index >= 15 is 0 Å². The second-order valence-corrected chi connectivity index (χ2v) is 9.93. The minimum absolute atomic E-state index is 0.0841. The Morgan fingerprint density at radius 2 is 1.35 bits per heavy atom. The van der Waals surface area contributed by atoms with Crippen LogP contribution in [-0.2, 0) is 4.79 Å². The Morgan fingerprint density at radius 3 is 2.11 bits per heavy atom. The molecular formula is C32H26N2O2S. The van der Waals surface area contributed by atoms with Crippen molar-refractivity contribution < 1.29 is 9.59 Å². The van der Waals surface area contributed by atoms with Gasteiger partial charge in [0.2, 0.25) is 5.91 Å². The van der Waals surface area contributed by atoms with E-state index in [1.165, 1.54) is 11.8 Å². The molecule has 5 aromatic carbocycles. The summed E-state index contributed by atoms with van der Waals surface area (Å²) in [7, 11) is 0. The smallest absolute Gasteiger partial charge is 0.255 e. The molecular weight excluding hydrogens is 476 g/mol. The molecule has 0 bridgehead atoms. The first kappa shape index (κ1) is 24.3. The highest BCUT2D eigenvalue weighted by molar-refractivity contribution is 8.00. The molecule has 0 saturated carbocycles. The van der Waals surface area contributed by atoms with Crippen LogP contribution in [0.4, 0.5) is 11.4 Å². The van der Waals surface area contributed by atoms with Crippen LogP contribution < -0.4 is 10.6 Å². The van der Waals surface area contributed by atoms with Crippen molar-refractivity contribution in [3.63, 3.8) is 0 Å². The molecule has 2 N–H and O–H groups in total. The third kappa shape index (κ3) is 5.90. The van der Waals surface area contributed by atoms with Crippen LogP contribution in [0.15, 0.2) is 126 Å². The van der Waals surface area contributed by atoms with Crippen LogP contribution in [0.3, 0.4) is 0 Å². The number of carbonyl (C=O) groups is 2. The van der Waals surface area contributed by atoms with E-state index in [0.717, 1.165) is 32.5 Å². The minimum Gasteiger partial charge on any atom is -0.325 e. The monoisotopic (exact) mass is 502 g/mol. The second-order valence-electron chi connectivity index (χ2n) is 8.75. The van der Waals surface area contributed by atoms with Crippen molar-refractivity contribution in [3.05, 3.63) is 138 Å². The quantitative estimate of drug-likeness (QED) is 0.223. The molecule has 2 amide bonds. The van der Waals surface area contributed by atoms with E-state index in [4.69, 9.17) is 0 Å². The molecule has 1 unspecified atom stereocenters. The maximum absolute atomic E-state index is 13.3. The highest BCUT2D eigenvalue weighted by Crippen LogP contribution is 2.37. The van der Waals surface area contributed by atoms with E-state index in [0.29, 0.717) is 11.3 Å². The standard InChI is InChI=1S/C32H26N2O2S/c1-22-9-5-8-14-29(22)34-32(36)30(24-11-3-2-4-12-24)37-28-19-17-27(18-20-28)33-31(35)26-16-15-23-10-6-7-13-25(23)21-26/h2-21,30H,1H3,(H,33,35)(H,34,36). The number of nitrogens with one attached hydrogen (secondary N) is 2. The van der Waals surface area contributed by atoms with E-state index in [9.17, 15) is 9.59 Å². The fraction of sp³-hybridized carbons (Fsp3) is 0.0625. The zero-order valence-electron chi connectivity index (χ0n) is 20.3. The largest absolute Gasteiger partial charge is 0.325 e. The first-order valence-corrected chi connectivity index (χ1v) is 12.9. The van der Waals surface area contributed by atoms with E-state index in [2.05, 4.69) is 10.6 Å². The van der Waals surface area contributed by atoms with Gasteiger partial charge in [0.25, 0.3) is 5.91 Å². The van der Waals surface area contributed by atoms with Crippen molar-refractivity contribution in [1.29, 1.82) is 0 Å². The van der Waals surface area contributed by atoms with Gasteiger partial charge in [0.05, 0.1) is 0 Å². The van der Waals surface area contributed by atoms with Gasteiger partial charge >= 0.3 is 0 Å². The molecule has 0 aliphatic rings. The number of para-hydroxylation sites is 1. The van der Waals surface area contributed by atoms with Crippen LogP contribution in [0.5, 0.6) is 0 Å². The van der Waals surface area contributed by atoms with E-state index in [1.54, 1.807) is 0 Å². The number of hydrogen-bond donors (Lipinski definition) is 2. The van der Waals surface area contributed by atoms with Crippen LogP contribution in [0.25, 0.3) is 10.8 Å². The molecule has 0 heterocycles. The molecule has 1 atom stereocenters. The number of rotatable bonds is 7. The molecule has 4 nitrogen and oxygen atoms in total. The lowest BCUT2D eigenvalue weighted by atomic mass is 10.1. The van der Waals surface area contributed by atoms with Gasteiger partial charge in [-0.3, -0.25) is 9.59 Å². The lowest BCUT2D eigenvalue weighted by Crippen LogP contribution is -2.19. The first-order valence-electron chi connectivity index (χ1n) is 12.1. The van der Waals surface area contributed by atoms with Crippen molar-refractivity contribution in [2.24, 2.45) is 0 Å². The fourth-order valence-corrected chi connectivity index (χ4v) is 5.12. The molecule has 5 aromatic rings. The van der Waals surface area contributed by atoms with Crippen LogP contribution in [0, 0.1) is 6.92 Å². The maximum atomic E-state index is 13.3. The van der Waals surface area contributed by atoms with Crippen molar-refractivity contribution in [3.8, 4) is 0 Å².